The Balaban J connectivity index is 2.61. The summed E-state index contributed by atoms with van der Waals surface area (Å²) in [4.78, 5) is 4.54. The van der Waals surface area contributed by atoms with Crippen molar-refractivity contribution in [2.24, 2.45) is 0 Å². The van der Waals surface area contributed by atoms with Crippen molar-refractivity contribution in [1.29, 1.82) is 0 Å². The number of aromatic nitrogens is 2. The van der Waals surface area contributed by atoms with Gasteiger partial charge in [0.25, 0.3) is 0 Å². The Labute approximate surface area is 106 Å². The fourth-order valence-electron chi connectivity index (χ4n) is 2.19. The fourth-order valence-corrected chi connectivity index (χ4v) is 2.19. The van der Waals surface area contributed by atoms with Gasteiger partial charge < -0.3 is 20.5 Å². The van der Waals surface area contributed by atoms with Crippen molar-refractivity contribution in [1.82, 2.24) is 9.55 Å². The van der Waals surface area contributed by atoms with Crippen LogP contribution in [0.5, 0.6) is 0 Å². The molecule has 4 N–H and O–H groups in total. The number of aryl methyl sites for hydroxylation is 1. The highest BCUT2D eigenvalue weighted by Crippen LogP contribution is 2.23. The molecule has 0 saturated carbocycles. The summed E-state index contributed by atoms with van der Waals surface area (Å²) < 4.78 is 1.91. The number of fused-ring (bicyclic) bond motifs is 1. The predicted octanol–water partition coefficient (Wildman–Crippen LogP) is 1.10. The van der Waals surface area contributed by atoms with Crippen LogP contribution < -0.4 is 5.73 Å². The summed E-state index contributed by atoms with van der Waals surface area (Å²) >= 11 is 0. The van der Waals surface area contributed by atoms with Gasteiger partial charge in [-0.2, -0.15) is 0 Å². The Kier molecular flexibility index (Phi) is 3.84. The van der Waals surface area contributed by atoms with E-state index in [1.54, 1.807) is 0 Å². The van der Waals surface area contributed by atoms with E-state index in [0.29, 0.717) is 5.69 Å². The van der Waals surface area contributed by atoms with Crippen LogP contribution in [0.4, 0.5) is 5.69 Å². The average molecular weight is 249 g/mol. The summed E-state index contributed by atoms with van der Waals surface area (Å²) in [6.45, 7) is 1.86. The number of aliphatic hydroxyl groups excluding tert-OH is 2. The van der Waals surface area contributed by atoms with Crippen LogP contribution in [0.25, 0.3) is 11.0 Å². The molecule has 18 heavy (non-hydrogen) atoms. The van der Waals surface area contributed by atoms with Crippen molar-refractivity contribution in [3.8, 4) is 0 Å². The van der Waals surface area contributed by atoms with Gasteiger partial charge in [-0.3, -0.25) is 0 Å². The van der Waals surface area contributed by atoms with E-state index >= 15 is 0 Å². The van der Waals surface area contributed by atoms with E-state index in [0.717, 1.165) is 29.7 Å². The van der Waals surface area contributed by atoms with Gasteiger partial charge >= 0.3 is 0 Å². The van der Waals surface area contributed by atoms with Crippen LogP contribution in [0.2, 0.25) is 0 Å². The van der Waals surface area contributed by atoms with Gasteiger partial charge in [0, 0.05) is 12.1 Å². The highest BCUT2D eigenvalue weighted by molar-refractivity contribution is 5.79. The molecule has 0 radical (unpaired) electrons. The molecule has 5 nitrogen and oxygen atoms in total. The summed E-state index contributed by atoms with van der Waals surface area (Å²) in [6, 6.07) is 5.16. The van der Waals surface area contributed by atoms with Gasteiger partial charge in [0.1, 0.15) is 5.82 Å². The predicted molar refractivity (Wildman–Crippen MR) is 71.3 cm³/mol. The molecular formula is C13H19N3O2. The highest BCUT2D eigenvalue weighted by atomic mass is 16.3. The molecule has 0 bridgehead atoms. The molecule has 0 fully saturated rings. The third-order valence-electron chi connectivity index (χ3n) is 3.05. The van der Waals surface area contributed by atoms with Crippen molar-refractivity contribution in [3.05, 3.63) is 24.0 Å². The van der Waals surface area contributed by atoms with Crippen LogP contribution in [0.1, 0.15) is 25.2 Å². The number of aliphatic hydroxyl groups is 2. The minimum absolute atomic E-state index is 0.108. The third-order valence-corrected chi connectivity index (χ3v) is 3.05. The lowest BCUT2D eigenvalue weighted by atomic mass is 10.2. The molecule has 0 saturated heterocycles. The second-order valence-corrected chi connectivity index (χ2v) is 4.42. The molecule has 0 unspecified atom stereocenters. The van der Waals surface area contributed by atoms with Crippen molar-refractivity contribution in [2.75, 3.05) is 18.9 Å². The van der Waals surface area contributed by atoms with Gasteiger partial charge in [-0.25, -0.2) is 4.98 Å². The van der Waals surface area contributed by atoms with Gasteiger partial charge in [0.15, 0.2) is 0 Å². The molecular weight excluding hydrogens is 230 g/mol. The van der Waals surface area contributed by atoms with Crippen molar-refractivity contribution >= 4 is 16.7 Å². The van der Waals surface area contributed by atoms with Gasteiger partial charge in [-0.15, -0.1) is 0 Å². The number of nitrogen functional groups attached to an aromatic ring is 1. The number of anilines is 1. The molecule has 0 spiro atoms. The average Bonchev–Trinajstić information content (AvgIpc) is 2.69. The Hall–Kier alpha value is -1.59. The molecule has 5 heteroatoms. The van der Waals surface area contributed by atoms with Crippen molar-refractivity contribution in [3.63, 3.8) is 0 Å². The molecule has 0 aliphatic rings. The molecule has 2 aromatic rings. The molecule has 0 atom stereocenters. The molecule has 2 rings (SSSR count). The molecule has 0 amide bonds. The van der Waals surface area contributed by atoms with Crippen molar-refractivity contribution < 1.29 is 10.2 Å². The van der Waals surface area contributed by atoms with Gasteiger partial charge in [0.05, 0.1) is 30.3 Å². The Morgan fingerprint density at radius 1 is 1.33 bits per heavy atom. The quantitative estimate of drug-likeness (QED) is 0.693. The van der Waals surface area contributed by atoms with Gasteiger partial charge in [0.2, 0.25) is 0 Å². The van der Waals surface area contributed by atoms with E-state index in [2.05, 4.69) is 11.9 Å². The first kappa shape index (κ1) is 12.9. The van der Waals surface area contributed by atoms with E-state index in [4.69, 9.17) is 5.73 Å². The zero-order valence-electron chi connectivity index (χ0n) is 10.5. The van der Waals surface area contributed by atoms with Crippen LogP contribution in [0, 0.1) is 0 Å². The van der Waals surface area contributed by atoms with E-state index in [-0.39, 0.29) is 19.3 Å². The fraction of sp³-hybridized carbons (Fsp3) is 0.462. The highest BCUT2D eigenvalue weighted by Gasteiger charge is 2.17. The molecule has 1 aromatic heterocycles. The maximum Gasteiger partial charge on any atom is 0.110 e. The number of benzene rings is 1. The van der Waals surface area contributed by atoms with Crippen molar-refractivity contribution in [2.45, 2.75) is 25.8 Å². The monoisotopic (exact) mass is 249 g/mol. The summed E-state index contributed by atoms with van der Waals surface area (Å²) in [5.41, 5.74) is 8.13. The summed E-state index contributed by atoms with van der Waals surface area (Å²) in [5.74, 6) is 0.881. The molecule has 0 aliphatic heterocycles. The Morgan fingerprint density at radius 2 is 2.06 bits per heavy atom. The van der Waals surface area contributed by atoms with E-state index in [1.807, 2.05) is 22.8 Å². The number of nitrogens with zero attached hydrogens (tertiary/aromatic N) is 2. The first-order valence-electron chi connectivity index (χ1n) is 6.19. The van der Waals surface area contributed by atoms with Gasteiger partial charge in [-0.05, 0) is 24.6 Å². The molecule has 98 valence electrons. The smallest absolute Gasteiger partial charge is 0.110 e. The lowest BCUT2D eigenvalue weighted by Gasteiger charge is -2.17. The second kappa shape index (κ2) is 5.37. The SMILES string of the molecule is CCCc1nc2cc(N)ccc2n1C(CO)CO. The Morgan fingerprint density at radius 3 is 2.67 bits per heavy atom. The second-order valence-electron chi connectivity index (χ2n) is 4.42. The first-order valence-corrected chi connectivity index (χ1v) is 6.19. The topological polar surface area (TPSA) is 84.3 Å². The van der Waals surface area contributed by atoms with Crippen LogP contribution in [-0.4, -0.2) is 33.0 Å². The zero-order chi connectivity index (χ0) is 13.1. The largest absolute Gasteiger partial charge is 0.399 e. The summed E-state index contributed by atoms with van der Waals surface area (Å²) in [6.07, 6.45) is 1.77. The molecule has 1 aromatic carbocycles. The maximum atomic E-state index is 9.37. The van der Waals surface area contributed by atoms with Crippen LogP contribution in [0.15, 0.2) is 18.2 Å². The normalized spacial score (nSPS) is 11.6. The lowest BCUT2D eigenvalue weighted by Crippen LogP contribution is -2.19. The number of nitrogens with two attached hydrogens (primary N) is 1. The van der Waals surface area contributed by atoms with Crippen LogP contribution in [0.3, 0.4) is 0 Å². The van der Waals surface area contributed by atoms with E-state index < -0.39 is 0 Å². The minimum Gasteiger partial charge on any atom is -0.399 e. The Bertz CT molecular complexity index is 532. The number of imidazole rings is 1. The first-order chi connectivity index (χ1) is 8.71. The summed E-state index contributed by atoms with van der Waals surface area (Å²) in [7, 11) is 0. The van der Waals surface area contributed by atoms with E-state index in [9.17, 15) is 10.2 Å². The van der Waals surface area contributed by atoms with Crippen LogP contribution in [-0.2, 0) is 6.42 Å². The minimum atomic E-state index is -0.347. The van der Waals surface area contributed by atoms with E-state index in [1.165, 1.54) is 0 Å². The molecule has 0 aliphatic carbocycles. The summed E-state index contributed by atoms with van der Waals surface area (Å²) in [5, 5.41) is 18.7. The standard InChI is InChI=1S/C13H19N3O2/c1-2-3-13-15-11-6-9(14)4-5-12(11)16(13)10(7-17)8-18/h4-6,10,17-18H,2-3,7-8,14H2,1H3. The zero-order valence-corrected chi connectivity index (χ0v) is 10.5. The number of rotatable bonds is 5. The molecule has 1 heterocycles. The number of hydrogen-bond donors (Lipinski definition) is 3. The van der Waals surface area contributed by atoms with Gasteiger partial charge in [-0.1, -0.05) is 6.92 Å². The maximum absolute atomic E-state index is 9.37. The third kappa shape index (κ3) is 2.19. The van der Waals surface area contributed by atoms with Crippen LogP contribution >= 0.6 is 0 Å². The lowest BCUT2D eigenvalue weighted by molar-refractivity contribution is 0.155. The number of hydrogen-bond acceptors (Lipinski definition) is 4.